The molecule has 0 aliphatic rings. The maximum Gasteiger partial charge on any atom is 0.233 e. The summed E-state index contributed by atoms with van der Waals surface area (Å²) < 4.78 is 7.07. The number of hydrogen-bond donors (Lipinski definition) is 0. The van der Waals surface area contributed by atoms with E-state index in [0.717, 1.165) is 5.56 Å². The van der Waals surface area contributed by atoms with E-state index in [2.05, 4.69) is 10.2 Å². The first-order valence-corrected chi connectivity index (χ1v) is 7.90. The fourth-order valence-corrected chi connectivity index (χ4v) is 2.88. The van der Waals surface area contributed by atoms with Crippen LogP contribution in [0.1, 0.15) is 5.56 Å². The number of hydrogen-bond acceptors (Lipinski definition) is 5. The molecule has 8 heteroatoms. The van der Waals surface area contributed by atoms with Gasteiger partial charge in [0.1, 0.15) is 12.1 Å². The van der Waals surface area contributed by atoms with Crippen molar-refractivity contribution in [3.63, 3.8) is 0 Å². The molecule has 0 saturated heterocycles. The fraction of sp³-hybridized carbons (Fsp3) is 0.357. The monoisotopic (exact) mass is 340 g/mol. The quantitative estimate of drug-likeness (QED) is 0.755. The normalized spacial score (nSPS) is 10.5. The van der Waals surface area contributed by atoms with Gasteiger partial charge in [-0.1, -0.05) is 23.4 Å². The molecule has 0 unspecified atom stereocenters. The average Bonchev–Trinajstić information content (AvgIpc) is 2.90. The van der Waals surface area contributed by atoms with Crippen LogP contribution >= 0.6 is 23.4 Å². The summed E-state index contributed by atoms with van der Waals surface area (Å²) in [5.74, 6) is 1.01. The number of benzene rings is 1. The van der Waals surface area contributed by atoms with E-state index >= 15 is 0 Å². The lowest BCUT2D eigenvalue weighted by molar-refractivity contribution is -0.127. The third-order valence-electron chi connectivity index (χ3n) is 3.07. The van der Waals surface area contributed by atoms with Crippen LogP contribution in [0.4, 0.5) is 0 Å². The van der Waals surface area contributed by atoms with Gasteiger partial charge in [0, 0.05) is 31.2 Å². The van der Waals surface area contributed by atoms with E-state index in [9.17, 15) is 4.79 Å². The Hall–Kier alpha value is -1.73. The Labute approximate surface area is 138 Å². The van der Waals surface area contributed by atoms with E-state index < -0.39 is 0 Å². The highest BCUT2D eigenvalue weighted by molar-refractivity contribution is 7.99. The number of thioether (sulfide) groups is 1. The molecule has 0 bridgehead atoms. The number of nitrogens with zero attached hydrogens (tertiary/aromatic N) is 4. The maximum absolute atomic E-state index is 12.2. The zero-order chi connectivity index (χ0) is 16.1. The van der Waals surface area contributed by atoms with Gasteiger partial charge in [0.05, 0.1) is 12.9 Å². The summed E-state index contributed by atoms with van der Waals surface area (Å²) in [6, 6.07) is 5.36. The second kappa shape index (κ2) is 7.51. The van der Waals surface area contributed by atoms with Crippen molar-refractivity contribution in [3.8, 4) is 5.75 Å². The minimum atomic E-state index is -0.00460. The SMILES string of the molecule is COc1ccc(Cl)cc1CN(C)C(=O)CSc1nncn1C. The molecule has 0 N–H and O–H groups in total. The minimum Gasteiger partial charge on any atom is -0.496 e. The number of aryl methyl sites for hydroxylation is 1. The van der Waals surface area contributed by atoms with Crippen LogP contribution in [0.2, 0.25) is 5.02 Å². The molecule has 118 valence electrons. The molecule has 1 heterocycles. The van der Waals surface area contributed by atoms with E-state index in [1.165, 1.54) is 11.8 Å². The number of halogens is 1. The predicted octanol–water partition coefficient (Wildman–Crippen LogP) is 2.23. The van der Waals surface area contributed by atoms with Crippen LogP contribution in [0.25, 0.3) is 0 Å². The van der Waals surface area contributed by atoms with Crippen molar-refractivity contribution >= 4 is 29.3 Å². The Morgan fingerprint density at radius 2 is 2.27 bits per heavy atom. The molecule has 2 aromatic rings. The molecule has 6 nitrogen and oxygen atoms in total. The van der Waals surface area contributed by atoms with E-state index in [-0.39, 0.29) is 5.91 Å². The van der Waals surface area contributed by atoms with Crippen LogP contribution in [0, 0.1) is 0 Å². The average molecular weight is 341 g/mol. The lowest BCUT2D eigenvalue weighted by atomic mass is 10.2. The smallest absolute Gasteiger partial charge is 0.233 e. The fourth-order valence-electron chi connectivity index (χ4n) is 1.85. The predicted molar refractivity (Wildman–Crippen MR) is 86.2 cm³/mol. The third kappa shape index (κ3) is 4.14. The van der Waals surface area contributed by atoms with Gasteiger partial charge >= 0.3 is 0 Å². The Bertz CT molecular complexity index is 662. The number of ether oxygens (including phenoxy) is 1. The van der Waals surface area contributed by atoms with Gasteiger partial charge in [-0.05, 0) is 18.2 Å². The van der Waals surface area contributed by atoms with Gasteiger partial charge in [-0.25, -0.2) is 0 Å². The highest BCUT2D eigenvalue weighted by Crippen LogP contribution is 2.24. The Morgan fingerprint density at radius 1 is 1.50 bits per heavy atom. The molecule has 22 heavy (non-hydrogen) atoms. The lowest BCUT2D eigenvalue weighted by Crippen LogP contribution is -2.28. The van der Waals surface area contributed by atoms with E-state index in [1.54, 1.807) is 48.2 Å². The van der Waals surface area contributed by atoms with Crippen molar-refractivity contribution in [2.24, 2.45) is 7.05 Å². The van der Waals surface area contributed by atoms with Crippen molar-refractivity contribution in [1.82, 2.24) is 19.7 Å². The van der Waals surface area contributed by atoms with Crippen molar-refractivity contribution in [2.45, 2.75) is 11.7 Å². The number of carbonyl (C=O) groups excluding carboxylic acids is 1. The first kappa shape index (κ1) is 16.6. The summed E-state index contributed by atoms with van der Waals surface area (Å²) in [6.45, 7) is 0.432. The van der Waals surface area contributed by atoms with E-state index in [0.29, 0.717) is 28.2 Å². The van der Waals surface area contributed by atoms with Crippen LogP contribution in [-0.2, 0) is 18.4 Å². The summed E-state index contributed by atoms with van der Waals surface area (Å²) in [5, 5.41) is 9.04. The van der Waals surface area contributed by atoms with Gasteiger partial charge in [-0.3, -0.25) is 4.79 Å². The highest BCUT2D eigenvalue weighted by atomic mass is 35.5. The second-order valence-corrected chi connectivity index (χ2v) is 6.10. The van der Waals surface area contributed by atoms with Gasteiger partial charge < -0.3 is 14.2 Å². The second-order valence-electron chi connectivity index (χ2n) is 4.72. The van der Waals surface area contributed by atoms with E-state index in [1.807, 2.05) is 7.05 Å². The Kier molecular flexibility index (Phi) is 5.68. The molecule has 0 aliphatic heterocycles. The van der Waals surface area contributed by atoms with E-state index in [4.69, 9.17) is 16.3 Å². The number of aromatic nitrogens is 3. The van der Waals surface area contributed by atoms with Gasteiger partial charge in [-0.15, -0.1) is 10.2 Å². The highest BCUT2D eigenvalue weighted by Gasteiger charge is 2.14. The molecule has 0 spiro atoms. The molecule has 2 rings (SSSR count). The van der Waals surface area contributed by atoms with Gasteiger partial charge in [0.2, 0.25) is 5.91 Å². The summed E-state index contributed by atoms with van der Waals surface area (Å²) >= 11 is 7.36. The molecule has 0 aliphatic carbocycles. The zero-order valence-corrected chi connectivity index (χ0v) is 14.2. The third-order valence-corrected chi connectivity index (χ3v) is 4.32. The molecule has 0 atom stereocenters. The zero-order valence-electron chi connectivity index (χ0n) is 12.6. The van der Waals surface area contributed by atoms with Gasteiger partial charge in [0.15, 0.2) is 5.16 Å². The largest absolute Gasteiger partial charge is 0.496 e. The van der Waals surface area contributed by atoms with Crippen LogP contribution in [0.5, 0.6) is 5.75 Å². The minimum absolute atomic E-state index is 0.00460. The van der Waals surface area contributed by atoms with Crippen LogP contribution < -0.4 is 4.74 Å². The summed E-state index contributed by atoms with van der Waals surface area (Å²) in [5.41, 5.74) is 0.870. The van der Waals surface area contributed by atoms with Crippen LogP contribution in [0.3, 0.4) is 0 Å². The number of amides is 1. The first-order chi connectivity index (χ1) is 10.5. The van der Waals surface area contributed by atoms with Crippen molar-refractivity contribution < 1.29 is 9.53 Å². The number of methoxy groups -OCH3 is 1. The van der Waals surface area contributed by atoms with Crippen molar-refractivity contribution in [2.75, 3.05) is 19.9 Å². The Morgan fingerprint density at radius 3 is 2.91 bits per heavy atom. The molecule has 0 fully saturated rings. The summed E-state index contributed by atoms with van der Waals surface area (Å²) in [7, 11) is 5.19. The lowest BCUT2D eigenvalue weighted by Gasteiger charge is -2.18. The number of rotatable bonds is 6. The molecule has 1 aromatic carbocycles. The maximum atomic E-state index is 12.2. The molecule has 1 amide bonds. The molecule has 0 radical (unpaired) electrons. The molecule has 0 saturated carbocycles. The standard InChI is InChI=1S/C14H17ClN4O2S/c1-18(7-10-6-11(15)4-5-12(10)21-3)13(20)8-22-14-17-16-9-19(14)2/h4-6,9H,7-8H2,1-3H3. The first-order valence-electron chi connectivity index (χ1n) is 6.54. The Balaban J connectivity index is 1.96. The number of carbonyl (C=O) groups is 1. The molecule has 1 aromatic heterocycles. The summed E-state index contributed by atoms with van der Waals surface area (Å²) in [4.78, 5) is 13.8. The topological polar surface area (TPSA) is 60.2 Å². The van der Waals surface area contributed by atoms with Crippen LogP contribution in [0.15, 0.2) is 29.7 Å². The van der Waals surface area contributed by atoms with Gasteiger partial charge in [-0.2, -0.15) is 0 Å². The molecular weight excluding hydrogens is 324 g/mol. The van der Waals surface area contributed by atoms with Gasteiger partial charge in [0.25, 0.3) is 0 Å². The van der Waals surface area contributed by atoms with Crippen molar-refractivity contribution in [3.05, 3.63) is 35.1 Å². The summed E-state index contributed by atoms with van der Waals surface area (Å²) in [6.07, 6.45) is 1.60. The molecular formula is C14H17ClN4O2S. The van der Waals surface area contributed by atoms with Crippen molar-refractivity contribution in [1.29, 1.82) is 0 Å². The van der Waals surface area contributed by atoms with Crippen LogP contribution in [-0.4, -0.2) is 45.5 Å².